The third kappa shape index (κ3) is 5.18. The van der Waals surface area contributed by atoms with E-state index in [4.69, 9.17) is 27.9 Å². The lowest BCUT2D eigenvalue weighted by molar-refractivity contribution is 0.0519. The number of carbonyl (C=O) groups excluding carboxylic acids is 1. The van der Waals surface area contributed by atoms with E-state index in [9.17, 15) is 13.2 Å². The molecule has 0 aliphatic rings. The van der Waals surface area contributed by atoms with Crippen LogP contribution in [-0.4, -0.2) is 30.3 Å². The highest BCUT2D eigenvalue weighted by atomic mass is 35.5. The molecule has 3 rings (SSSR count). The van der Waals surface area contributed by atoms with Gasteiger partial charge in [-0.05, 0) is 55.7 Å². The van der Waals surface area contributed by atoms with E-state index in [2.05, 4.69) is 4.98 Å². The summed E-state index contributed by atoms with van der Waals surface area (Å²) in [6, 6.07) is 13.5. The molecule has 0 bridgehead atoms. The van der Waals surface area contributed by atoms with Crippen LogP contribution in [-0.2, 0) is 27.8 Å². The summed E-state index contributed by atoms with van der Waals surface area (Å²) >= 11 is 12.1. The van der Waals surface area contributed by atoms with Gasteiger partial charge in [0.1, 0.15) is 5.69 Å². The number of halogens is 2. The Balaban J connectivity index is 2.04. The quantitative estimate of drug-likeness (QED) is 0.418. The second-order valence-electron chi connectivity index (χ2n) is 7.28. The summed E-state index contributed by atoms with van der Waals surface area (Å²) in [5.74, 6) is -0.471. The normalized spacial score (nSPS) is 11.7. The predicted octanol–water partition coefficient (Wildman–Crippen LogP) is 5.51. The number of aromatic nitrogens is 1. The van der Waals surface area contributed by atoms with Crippen molar-refractivity contribution in [3.05, 3.63) is 86.7 Å². The number of hydrogen-bond acceptors (Lipinski definition) is 4. The molecule has 0 fully saturated rings. The Kier molecular flexibility index (Phi) is 7.67. The molecule has 6 nitrogen and oxygen atoms in total. The van der Waals surface area contributed by atoms with E-state index in [1.807, 2.05) is 30.3 Å². The standard InChI is InChI=1S/C23H24Cl2N2O4S/c1-4-31-23(28)22-15(2)19(16(3)26-22)14-27(13-17-8-6-5-7-9-17)32(29,30)18-10-11-20(24)21(25)12-18/h5-12,26H,4,13-14H2,1-3H3. The van der Waals surface area contributed by atoms with Crippen molar-refractivity contribution >= 4 is 39.2 Å². The van der Waals surface area contributed by atoms with Gasteiger partial charge in [0.2, 0.25) is 10.0 Å². The Labute approximate surface area is 198 Å². The highest BCUT2D eigenvalue weighted by Gasteiger charge is 2.28. The Morgan fingerprint density at radius 1 is 1.03 bits per heavy atom. The van der Waals surface area contributed by atoms with Gasteiger partial charge in [0.15, 0.2) is 0 Å². The average Bonchev–Trinajstić information content (AvgIpc) is 3.04. The fourth-order valence-electron chi connectivity index (χ4n) is 3.41. The summed E-state index contributed by atoms with van der Waals surface area (Å²) in [6.07, 6.45) is 0. The lowest BCUT2D eigenvalue weighted by Crippen LogP contribution is -2.30. The Morgan fingerprint density at radius 3 is 2.34 bits per heavy atom. The first kappa shape index (κ1) is 24.3. The number of H-pyrrole nitrogens is 1. The van der Waals surface area contributed by atoms with Crippen molar-refractivity contribution in [2.24, 2.45) is 0 Å². The van der Waals surface area contributed by atoms with Gasteiger partial charge < -0.3 is 9.72 Å². The van der Waals surface area contributed by atoms with Crippen LogP contribution >= 0.6 is 23.2 Å². The van der Waals surface area contributed by atoms with Crippen LogP contribution in [0.4, 0.5) is 0 Å². The molecule has 170 valence electrons. The molecule has 1 N–H and O–H groups in total. The molecule has 0 unspecified atom stereocenters. The van der Waals surface area contributed by atoms with Gasteiger partial charge in [-0.15, -0.1) is 0 Å². The average molecular weight is 495 g/mol. The third-order valence-corrected chi connectivity index (χ3v) is 7.66. The Bertz CT molecular complexity index is 1220. The molecule has 3 aromatic rings. The van der Waals surface area contributed by atoms with Crippen LogP contribution in [0.3, 0.4) is 0 Å². The minimum atomic E-state index is -3.93. The summed E-state index contributed by atoms with van der Waals surface area (Å²) in [7, 11) is -3.93. The second-order valence-corrected chi connectivity index (χ2v) is 10.0. The largest absolute Gasteiger partial charge is 0.461 e. The number of hydrogen-bond donors (Lipinski definition) is 1. The Hall–Kier alpha value is -2.32. The molecule has 0 aliphatic heterocycles. The molecule has 0 atom stereocenters. The van der Waals surface area contributed by atoms with Crippen molar-refractivity contribution in [2.45, 2.75) is 38.8 Å². The van der Waals surface area contributed by atoms with E-state index in [1.54, 1.807) is 20.8 Å². The number of benzene rings is 2. The zero-order chi connectivity index (χ0) is 23.5. The SMILES string of the molecule is CCOC(=O)c1[nH]c(C)c(CN(Cc2ccccc2)S(=O)(=O)c2ccc(Cl)c(Cl)c2)c1C. The van der Waals surface area contributed by atoms with E-state index < -0.39 is 16.0 Å². The lowest BCUT2D eigenvalue weighted by atomic mass is 10.1. The van der Waals surface area contributed by atoms with Crippen LogP contribution in [0.5, 0.6) is 0 Å². The van der Waals surface area contributed by atoms with Crippen LogP contribution in [0.2, 0.25) is 10.0 Å². The maximum Gasteiger partial charge on any atom is 0.355 e. The number of sulfonamides is 1. The number of nitrogens with one attached hydrogen (secondary N) is 1. The smallest absolute Gasteiger partial charge is 0.355 e. The molecule has 9 heteroatoms. The predicted molar refractivity (Wildman–Crippen MR) is 126 cm³/mol. The van der Waals surface area contributed by atoms with E-state index in [0.717, 1.165) is 5.56 Å². The van der Waals surface area contributed by atoms with Crippen molar-refractivity contribution < 1.29 is 17.9 Å². The zero-order valence-corrected chi connectivity index (χ0v) is 20.3. The topological polar surface area (TPSA) is 79.5 Å². The molecule has 0 amide bonds. The van der Waals surface area contributed by atoms with Crippen LogP contribution in [0.15, 0.2) is 53.4 Å². The van der Waals surface area contributed by atoms with Crippen molar-refractivity contribution in [3.63, 3.8) is 0 Å². The molecular weight excluding hydrogens is 471 g/mol. The van der Waals surface area contributed by atoms with Gasteiger partial charge in [-0.25, -0.2) is 13.2 Å². The third-order valence-electron chi connectivity index (χ3n) is 5.14. The molecule has 0 saturated carbocycles. The molecule has 0 aliphatic carbocycles. The number of ether oxygens (including phenoxy) is 1. The molecule has 1 heterocycles. The summed E-state index contributed by atoms with van der Waals surface area (Å²) in [5, 5.41) is 0.433. The first-order valence-electron chi connectivity index (χ1n) is 9.99. The number of nitrogens with zero attached hydrogens (tertiary/aromatic N) is 1. The molecule has 2 aromatic carbocycles. The monoisotopic (exact) mass is 494 g/mol. The molecule has 0 saturated heterocycles. The van der Waals surface area contributed by atoms with Gasteiger partial charge >= 0.3 is 5.97 Å². The Morgan fingerprint density at radius 2 is 1.72 bits per heavy atom. The highest BCUT2D eigenvalue weighted by Crippen LogP contribution is 2.29. The van der Waals surface area contributed by atoms with E-state index in [0.29, 0.717) is 22.5 Å². The summed E-state index contributed by atoms with van der Waals surface area (Å²) in [6.45, 7) is 5.76. The van der Waals surface area contributed by atoms with Crippen molar-refractivity contribution in [3.8, 4) is 0 Å². The van der Waals surface area contributed by atoms with Gasteiger partial charge in [-0.2, -0.15) is 4.31 Å². The van der Waals surface area contributed by atoms with Gasteiger partial charge in [0.05, 0.1) is 21.5 Å². The van der Waals surface area contributed by atoms with Crippen LogP contribution in [0.25, 0.3) is 0 Å². The number of aryl methyl sites for hydroxylation is 1. The van der Waals surface area contributed by atoms with E-state index >= 15 is 0 Å². The summed E-state index contributed by atoms with van der Waals surface area (Å²) in [4.78, 5) is 15.4. The molecule has 0 radical (unpaired) electrons. The van der Waals surface area contributed by atoms with Gasteiger partial charge in [0, 0.05) is 18.8 Å². The molecule has 32 heavy (non-hydrogen) atoms. The number of esters is 1. The zero-order valence-electron chi connectivity index (χ0n) is 18.0. The fraction of sp³-hybridized carbons (Fsp3) is 0.261. The second kappa shape index (κ2) is 10.1. The first-order valence-corrected chi connectivity index (χ1v) is 12.2. The van der Waals surface area contributed by atoms with Crippen molar-refractivity contribution in [2.75, 3.05) is 6.61 Å². The molecule has 0 spiro atoms. The fourth-order valence-corrected chi connectivity index (χ4v) is 5.19. The minimum Gasteiger partial charge on any atom is -0.461 e. The van der Waals surface area contributed by atoms with Crippen molar-refractivity contribution in [1.82, 2.24) is 9.29 Å². The lowest BCUT2D eigenvalue weighted by Gasteiger charge is -2.23. The van der Waals surface area contributed by atoms with Gasteiger partial charge in [-0.1, -0.05) is 53.5 Å². The maximum absolute atomic E-state index is 13.6. The minimum absolute atomic E-state index is 0.0410. The van der Waals surface area contributed by atoms with E-state index in [1.165, 1.54) is 22.5 Å². The maximum atomic E-state index is 13.6. The summed E-state index contributed by atoms with van der Waals surface area (Å²) < 4.78 is 33.7. The highest BCUT2D eigenvalue weighted by molar-refractivity contribution is 7.89. The number of aromatic amines is 1. The van der Waals surface area contributed by atoms with Gasteiger partial charge in [0.25, 0.3) is 0 Å². The van der Waals surface area contributed by atoms with Crippen molar-refractivity contribution in [1.29, 1.82) is 0 Å². The first-order chi connectivity index (χ1) is 15.1. The molecule has 1 aromatic heterocycles. The number of rotatable bonds is 8. The summed E-state index contributed by atoms with van der Waals surface area (Å²) in [5.41, 5.74) is 3.22. The van der Waals surface area contributed by atoms with Crippen LogP contribution in [0, 0.1) is 13.8 Å². The van der Waals surface area contributed by atoms with Crippen LogP contribution < -0.4 is 0 Å². The van der Waals surface area contributed by atoms with E-state index in [-0.39, 0.29) is 34.6 Å². The number of carbonyl (C=O) groups is 1. The van der Waals surface area contributed by atoms with Gasteiger partial charge in [-0.3, -0.25) is 0 Å². The van der Waals surface area contributed by atoms with Crippen LogP contribution in [0.1, 0.15) is 39.8 Å². The molecular formula is C23H24Cl2N2O4S.